The van der Waals surface area contributed by atoms with Gasteiger partial charge < -0.3 is 9.88 Å². The van der Waals surface area contributed by atoms with Crippen molar-refractivity contribution in [3.05, 3.63) is 106 Å². The SMILES string of the molecule is CNS(=O)(=O)c1ccc(/C=C/C(=O)NCc2ccc(Cn3ccccc3=O)cc2)cc1. The zero-order chi connectivity index (χ0) is 22.3. The van der Waals surface area contributed by atoms with Crippen molar-refractivity contribution in [3.63, 3.8) is 0 Å². The number of aromatic nitrogens is 1. The van der Waals surface area contributed by atoms with Gasteiger partial charge in [0.05, 0.1) is 11.4 Å². The van der Waals surface area contributed by atoms with E-state index in [2.05, 4.69) is 10.0 Å². The van der Waals surface area contributed by atoms with Crippen LogP contribution >= 0.6 is 0 Å². The van der Waals surface area contributed by atoms with E-state index in [1.54, 1.807) is 35.0 Å². The van der Waals surface area contributed by atoms with E-state index in [0.29, 0.717) is 18.7 Å². The molecule has 1 heterocycles. The van der Waals surface area contributed by atoms with Crippen molar-refractivity contribution < 1.29 is 13.2 Å². The van der Waals surface area contributed by atoms with Gasteiger partial charge in [-0.2, -0.15) is 0 Å². The number of nitrogens with zero attached hydrogens (tertiary/aromatic N) is 1. The predicted octanol–water partition coefficient (Wildman–Crippen LogP) is 2.13. The molecule has 0 saturated heterocycles. The summed E-state index contributed by atoms with van der Waals surface area (Å²) in [6.45, 7) is 0.859. The molecule has 3 rings (SSSR count). The molecule has 1 aromatic heterocycles. The Bertz CT molecular complexity index is 1230. The van der Waals surface area contributed by atoms with E-state index < -0.39 is 10.0 Å². The summed E-state index contributed by atoms with van der Waals surface area (Å²) >= 11 is 0. The fourth-order valence-electron chi connectivity index (χ4n) is 2.85. The third-order valence-corrected chi connectivity index (χ3v) is 6.06. The van der Waals surface area contributed by atoms with Gasteiger partial charge >= 0.3 is 0 Å². The number of hydrogen-bond donors (Lipinski definition) is 2. The van der Waals surface area contributed by atoms with Crippen molar-refractivity contribution in [2.24, 2.45) is 0 Å². The van der Waals surface area contributed by atoms with Gasteiger partial charge in [-0.1, -0.05) is 42.5 Å². The van der Waals surface area contributed by atoms with E-state index in [-0.39, 0.29) is 16.4 Å². The molecule has 3 aromatic rings. The minimum absolute atomic E-state index is 0.0519. The van der Waals surface area contributed by atoms with Gasteiger partial charge in [0.2, 0.25) is 15.9 Å². The third kappa shape index (κ3) is 6.24. The van der Waals surface area contributed by atoms with E-state index >= 15 is 0 Å². The lowest BCUT2D eigenvalue weighted by Crippen LogP contribution is -2.20. The van der Waals surface area contributed by atoms with Gasteiger partial charge in [-0.3, -0.25) is 9.59 Å². The van der Waals surface area contributed by atoms with Crippen LogP contribution in [0.25, 0.3) is 6.08 Å². The van der Waals surface area contributed by atoms with Crippen LogP contribution in [0.2, 0.25) is 0 Å². The number of pyridine rings is 1. The van der Waals surface area contributed by atoms with Gasteiger partial charge in [-0.15, -0.1) is 0 Å². The van der Waals surface area contributed by atoms with Crippen LogP contribution in [0.1, 0.15) is 16.7 Å². The number of hydrogen-bond acceptors (Lipinski definition) is 4. The molecule has 0 aliphatic carbocycles. The van der Waals surface area contributed by atoms with Crippen molar-refractivity contribution in [2.75, 3.05) is 7.05 Å². The van der Waals surface area contributed by atoms with E-state index in [9.17, 15) is 18.0 Å². The van der Waals surface area contributed by atoms with Gasteiger partial charge in [0.1, 0.15) is 0 Å². The molecule has 0 aliphatic rings. The largest absolute Gasteiger partial charge is 0.348 e. The summed E-state index contributed by atoms with van der Waals surface area (Å²) in [4.78, 5) is 24.0. The van der Waals surface area contributed by atoms with Crippen LogP contribution in [0.4, 0.5) is 0 Å². The molecule has 0 aliphatic heterocycles. The fraction of sp³-hybridized carbons (Fsp3) is 0.130. The van der Waals surface area contributed by atoms with Crippen molar-refractivity contribution in [3.8, 4) is 0 Å². The molecule has 2 N–H and O–H groups in total. The van der Waals surface area contributed by atoms with Gasteiger partial charge in [0, 0.05) is 24.9 Å². The summed E-state index contributed by atoms with van der Waals surface area (Å²) in [6, 6.07) is 19.0. The summed E-state index contributed by atoms with van der Waals surface area (Å²) in [5.41, 5.74) is 2.59. The molecule has 1 amide bonds. The Morgan fingerprint density at radius 1 is 0.968 bits per heavy atom. The number of amides is 1. The van der Waals surface area contributed by atoms with Crippen LogP contribution in [0, 0.1) is 0 Å². The van der Waals surface area contributed by atoms with Crippen LogP contribution in [0.15, 0.2) is 88.7 Å². The lowest BCUT2D eigenvalue weighted by Gasteiger charge is -2.07. The second kappa shape index (κ2) is 10.0. The Hall–Kier alpha value is -3.49. The summed E-state index contributed by atoms with van der Waals surface area (Å²) in [5, 5.41) is 2.81. The van der Waals surface area contributed by atoms with Crippen LogP contribution in [0.3, 0.4) is 0 Å². The Kier molecular flexibility index (Phi) is 7.17. The number of benzene rings is 2. The molecule has 0 atom stereocenters. The monoisotopic (exact) mass is 437 g/mol. The van der Waals surface area contributed by atoms with Crippen molar-refractivity contribution in [1.29, 1.82) is 0 Å². The number of rotatable bonds is 8. The highest BCUT2D eigenvalue weighted by Gasteiger charge is 2.09. The van der Waals surface area contributed by atoms with Crippen molar-refractivity contribution >= 4 is 22.0 Å². The Labute approximate surface area is 181 Å². The van der Waals surface area contributed by atoms with E-state index in [0.717, 1.165) is 11.1 Å². The number of carbonyl (C=O) groups excluding carboxylic acids is 1. The zero-order valence-electron chi connectivity index (χ0n) is 17.0. The Morgan fingerprint density at radius 2 is 1.65 bits per heavy atom. The normalized spacial score (nSPS) is 11.5. The van der Waals surface area contributed by atoms with Crippen molar-refractivity contribution in [1.82, 2.24) is 14.6 Å². The highest BCUT2D eigenvalue weighted by molar-refractivity contribution is 7.89. The molecular formula is C23H23N3O4S. The van der Waals surface area contributed by atoms with E-state index in [1.807, 2.05) is 30.3 Å². The molecule has 8 heteroatoms. The first-order valence-corrected chi connectivity index (χ1v) is 11.1. The van der Waals surface area contributed by atoms with Crippen LogP contribution in [-0.4, -0.2) is 25.9 Å². The van der Waals surface area contributed by atoms with Crippen molar-refractivity contribution in [2.45, 2.75) is 18.0 Å². The maximum atomic E-state index is 12.1. The predicted molar refractivity (Wildman–Crippen MR) is 120 cm³/mol. The molecule has 160 valence electrons. The van der Waals surface area contributed by atoms with E-state index in [1.165, 1.54) is 31.3 Å². The lowest BCUT2D eigenvalue weighted by atomic mass is 10.1. The first-order chi connectivity index (χ1) is 14.9. The lowest BCUT2D eigenvalue weighted by molar-refractivity contribution is -0.116. The maximum Gasteiger partial charge on any atom is 0.250 e. The minimum Gasteiger partial charge on any atom is -0.348 e. The summed E-state index contributed by atoms with van der Waals surface area (Å²) in [7, 11) is -2.13. The Balaban J connectivity index is 1.52. The number of nitrogens with one attached hydrogen (secondary N) is 2. The summed E-state index contributed by atoms with van der Waals surface area (Å²) in [5.74, 6) is -0.258. The quantitative estimate of drug-likeness (QED) is 0.528. The second-order valence-corrected chi connectivity index (χ2v) is 8.70. The molecule has 7 nitrogen and oxygen atoms in total. The van der Waals surface area contributed by atoms with Gasteiger partial charge in [0.25, 0.3) is 5.56 Å². The van der Waals surface area contributed by atoms with Crippen LogP contribution < -0.4 is 15.6 Å². The molecule has 0 saturated carbocycles. The number of carbonyl (C=O) groups is 1. The molecule has 2 aromatic carbocycles. The molecule has 0 spiro atoms. The highest BCUT2D eigenvalue weighted by atomic mass is 32.2. The van der Waals surface area contributed by atoms with E-state index in [4.69, 9.17) is 0 Å². The topological polar surface area (TPSA) is 97.3 Å². The first-order valence-electron chi connectivity index (χ1n) is 9.60. The molecular weight excluding hydrogens is 414 g/mol. The van der Waals surface area contributed by atoms with Crippen LogP contribution in [0.5, 0.6) is 0 Å². The second-order valence-electron chi connectivity index (χ2n) is 6.81. The average Bonchev–Trinajstić information content (AvgIpc) is 2.79. The number of sulfonamides is 1. The summed E-state index contributed by atoms with van der Waals surface area (Å²) < 4.78 is 27.3. The average molecular weight is 438 g/mol. The molecule has 0 unspecified atom stereocenters. The van der Waals surface area contributed by atoms with Gasteiger partial charge in [0.15, 0.2) is 0 Å². The summed E-state index contributed by atoms with van der Waals surface area (Å²) in [6.07, 6.45) is 4.76. The smallest absolute Gasteiger partial charge is 0.250 e. The molecule has 0 fully saturated rings. The highest BCUT2D eigenvalue weighted by Crippen LogP contribution is 2.11. The third-order valence-electron chi connectivity index (χ3n) is 4.63. The fourth-order valence-corrected chi connectivity index (χ4v) is 3.58. The molecule has 0 radical (unpaired) electrons. The van der Waals surface area contributed by atoms with Crippen LogP contribution in [-0.2, 0) is 27.9 Å². The maximum absolute atomic E-state index is 12.1. The minimum atomic E-state index is -3.48. The zero-order valence-corrected chi connectivity index (χ0v) is 17.8. The molecule has 31 heavy (non-hydrogen) atoms. The Morgan fingerprint density at radius 3 is 2.29 bits per heavy atom. The molecule has 0 bridgehead atoms. The van der Waals surface area contributed by atoms with Gasteiger partial charge in [-0.05, 0) is 48.0 Å². The van der Waals surface area contributed by atoms with Gasteiger partial charge in [-0.25, -0.2) is 13.1 Å². The standard InChI is InChI=1S/C23H23N3O4S/c1-24-31(29,30)21-12-9-18(10-13-21)11-14-22(27)25-16-19-5-7-20(8-6-19)17-26-15-3-2-4-23(26)28/h2-15,24H,16-17H2,1H3,(H,25,27)/b14-11+. The first kappa shape index (κ1) is 22.2.